The van der Waals surface area contributed by atoms with Gasteiger partial charge in [-0.05, 0) is 12.8 Å². The average Bonchev–Trinajstić information content (AvgIpc) is 2.45. The summed E-state index contributed by atoms with van der Waals surface area (Å²) >= 11 is 0. The largest absolute Gasteiger partial charge is 0.391 e. The van der Waals surface area contributed by atoms with Crippen LogP contribution in [0.15, 0.2) is 0 Å². The van der Waals surface area contributed by atoms with Crippen LogP contribution in [-0.4, -0.2) is 29.8 Å². The summed E-state index contributed by atoms with van der Waals surface area (Å²) in [6.07, 6.45) is 15.6. The zero-order chi connectivity index (χ0) is 14.6. The third kappa shape index (κ3) is 8.23. The second-order valence-corrected chi connectivity index (χ2v) is 6.54. The minimum Gasteiger partial charge on any atom is -0.391 e. The molecule has 0 aromatic heterocycles. The van der Waals surface area contributed by atoms with Gasteiger partial charge in [-0.3, -0.25) is 0 Å². The fourth-order valence-electron chi connectivity index (χ4n) is 3.09. The maximum atomic E-state index is 9.74. The Balaban J connectivity index is 1.83. The second kappa shape index (κ2) is 11.5. The molecular weight excluding hydrogens is 248 g/mol. The summed E-state index contributed by atoms with van der Waals surface area (Å²) in [6.45, 7) is 3.04. The van der Waals surface area contributed by atoms with Gasteiger partial charge in [0.2, 0.25) is 0 Å². The number of unbranched alkanes of at least 4 members (excludes halogenated alkanes) is 9. The van der Waals surface area contributed by atoms with Gasteiger partial charge in [-0.25, -0.2) is 0 Å². The Hall–Kier alpha value is -0.120. The van der Waals surface area contributed by atoms with Crippen molar-refractivity contribution in [2.24, 2.45) is 5.73 Å². The molecule has 3 nitrogen and oxygen atoms in total. The summed E-state index contributed by atoms with van der Waals surface area (Å²) in [5.74, 6) is 0. The second-order valence-electron chi connectivity index (χ2n) is 6.54. The molecule has 0 spiro atoms. The smallest absolute Gasteiger partial charge is 0.0718 e. The first kappa shape index (κ1) is 17.9. The number of nitrogens with two attached hydrogens (primary N) is 1. The van der Waals surface area contributed by atoms with Crippen molar-refractivity contribution in [2.75, 3.05) is 6.54 Å². The van der Waals surface area contributed by atoms with Gasteiger partial charge in [0.25, 0.3) is 0 Å². The van der Waals surface area contributed by atoms with E-state index in [0.717, 1.165) is 13.0 Å². The fourth-order valence-corrected chi connectivity index (χ4v) is 3.09. The Morgan fingerprint density at radius 2 is 1.50 bits per heavy atom. The van der Waals surface area contributed by atoms with E-state index < -0.39 is 0 Å². The maximum absolute atomic E-state index is 9.74. The van der Waals surface area contributed by atoms with Crippen LogP contribution in [0.25, 0.3) is 0 Å². The van der Waals surface area contributed by atoms with E-state index in [1.165, 1.54) is 70.6 Å². The minimum atomic E-state index is -0.302. The molecule has 0 amide bonds. The van der Waals surface area contributed by atoms with Crippen LogP contribution in [0.2, 0.25) is 0 Å². The van der Waals surface area contributed by atoms with Crippen LogP contribution in [0.4, 0.5) is 0 Å². The number of rotatable bonds is 11. The summed E-state index contributed by atoms with van der Waals surface area (Å²) in [4.78, 5) is 0. The van der Waals surface area contributed by atoms with E-state index in [4.69, 9.17) is 5.73 Å². The lowest BCUT2D eigenvalue weighted by atomic mass is 9.94. The van der Waals surface area contributed by atoms with E-state index in [2.05, 4.69) is 12.2 Å². The lowest BCUT2D eigenvalue weighted by Gasteiger charge is -2.32. The van der Waals surface area contributed by atoms with Gasteiger partial charge in [0.15, 0.2) is 0 Å². The molecule has 0 aliphatic carbocycles. The van der Waals surface area contributed by atoms with Gasteiger partial charge in [-0.15, -0.1) is 0 Å². The zero-order valence-corrected chi connectivity index (χ0v) is 13.4. The van der Waals surface area contributed by atoms with Gasteiger partial charge >= 0.3 is 0 Å². The van der Waals surface area contributed by atoms with E-state index in [1.807, 2.05) is 0 Å². The predicted octanol–water partition coefficient (Wildman–Crippen LogP) is 3.35. The molecule has 0 radical (unpaired) electrons. The van der Waals surface area contributed by atoms with Gasteiger partial charge in [-0.2, -0.15) is 0 Å². The molecule has 1 heterocycles. The topological polar surface area (TPSA) is 58.3 Å². The predicted molar refractivity (Wildman–Crippen MR) is 86.9 cm³/mol. The van der Waals surface area contributed by atoms with Crippen molar-refractivity contribution in [2.45, 2.75) is 102 Å². The van der Waals surface area contributed by atoms with E-state index in [-0.39, 0.29) is 12.1 Å². The molecule has 0 aromatic rings. The summed E-state index contributed by atoms with van der Waals surface area (Å²) in [5.41, 5.74) is 5.78. The Labute approximate surface area is 125 Å². The van der Waals surface area contributed by atoms with Crippen LogP contribution in [0.3, 0.4) is 0 Å². The lowest BCUT2D eigenvalue weighted by molar-refractivity contribution is 0.0936. The highest BCUT2D eigenvalue weighted by molar-refractivity contribution is 4.86. The fraction of sp³-hybridized carbons (Fsp3) is 1.00. The summed E-state index contributed by atoms with van der Waals surface area (Å²) in [7, 11) is 0. The Bertz CT molecular complexity index is 223. The van der Waals surface area contributed by atoms with Gasteiger partial charge in [0.05, 0.1) is 6.10 Å². The van der Waals surface area contributed by atoms with Crippen molar-refractivity contribution in [3.05, 3.63) is 0 Å². The molecule has 0 saturated carbocycles. The quantitative estimate of drug-likeness (QED) is 0.510. The van der Waals surface area contributed by atoms with Crippen LogP contribution in [-0.2, 0) is 0 Å². The standard InChI is InChI=1S/C17H36N2O/c1-2-3-4-5-6-7-8-9-10-11-12-15-13-17(20)16(18)14-19-15/h15-17,19-20H,2-14,18H2,1H3. The van der Waals surface area contributed by atoms with Gasteiger partial charge in [0, 0.05) is 18.6 Å². The Morgan fingerprint density at radius 1 is 0.950 bits per heavy atom. The Morgan fingerprint density at radius 3 is 2.05 bits per heavy atom. The summed E-state index contributed by atoms with van der Waals surface area (Å²) < 4.78 is 0. The number of nitrogens with one attached hydrogen (secondary N) is 1. The van der Waals surface area contributed by atoms with E-state index in [0.29, 0.717) is 6.04 Å². The summed E-state index contributed by atoms with van der Waals surface area (Å²) in [5, 5.41) is 13.2. The molecular formula is C17H36N2O. The molecule has 1 aliphatic rings. The number of aliphatic hydroxyl groups is 1. The molecule has 4 N–H and O–H groups in total. The van der Waals surface area contributed by atoms with Crippen LogP contribution < -0.4 is 11.1 Å². The molecule has 1 fully saturated rings. The highest BCUT2D eigenvalue weighted by Gasteiger charge is 2.25. The van der Waals surface area contributed by atoms with Crippen LogP contribution in [0, 0.1) is 0 Å². The molecule has 3 heteroatoms. The highest BCUT2D eigenvalue weighted by atomic mass is 16.3. The number of hydrogen-bond acceptors (Lipinski definition) is 3. The SMILES string of the molecule is CCCCCCCCCCCCC1CC(O)C(N)CN1. The van der Waals surface area contributed by atoms with Gasteiger partial charge in [0.1, 0.15) is 0 Å². The lowest BCUT2D eigenvalue weighted by Crippen LogP contribution is -2.53. The first-order valence-corrected chi connectivity index (χ1v) is 8.91. The minimum absolute atomic E-state index is 0.0704. The molecule has 20 heavy (non-hydrogen) atoms. The third-order valence-corrected chi connectivity index (χ3v) is 4.57. The molecule has 1 saturated heterocycles. The Kier molecular flexibility index (Phi) is 10.3. The van der Waals surface area contributed by atoms with Crippen LogP contribution >= 0.6 is 0 Å². The normalized spacial score (nSPS) is 26.9. The van der Waals surface area contributed by atoms with Crippen molar-refractivity contribution < 1.29 is 5.11 Å². The van der Waals surface area contributed by atoms with E-state index in [1.54, 1.807) is 0 Å². The molecule has 0 bridgehead atoms. The molecule has 3 unspecified atom stereocenters. The number of hydrogen-bond donors (Lipinski definition) is 3. The first-order chi connectivity index (χ1) is 9.74. The molecule has 0 aromatic carbocycles. The highest BCUT2D eigenvalue weighted by Crippen LogP contribution is 2.16. The summed E-state index contributed by atoms with van der Waals surface area (Å²) in [6, 6.07) is 0.415. The average molecular weight is 284 g/mol. The number of piperidine rings is 1. The molecule has 1 rings (SSSR count). The van der Waals surface area contributed by atoms with E-state index in [9.17, 15) is 5.11 Å². The molecule has 1 aliphatic heterocycles. The van der Waals surface area contributed by atoms with Crippen LogP contribution in [0.1, 0.15) is 84.0 Å². The first-order valence-electron chi connectivity index (χ1n) is 8.91. The maximum Gasteiger partial charge on any atom is 0.0718 e. The van der Waals surface area contributed by atoms with Gasteiger partial charge in [-0.1, -0.05) is 71.1 Å². The van der Waals surface area contributed by atoms with Crippen molar-refractivity contribution >= 4 is 0 Å². The molecule has 120 valence electrons. The van der Waals surface area contributed by atoms with Crippen LogP contribution in [0.5, 0.6) is 0 Å². The van der Waals surface area contributed by atoms with Crippen molar-refractivity contribution in [1.29, 1.82) is 0 Å². The number of aliphatic hydroxyl groups excluding tert-OH is 1. The monoisotopic (exact) mass is 284 g/mol. The van der Waals surface area contributed by atoms with Crippen molar-refractivity contribution in [3.8, 4) is 0 Å². The van der Waals surface area contributed by atoms with Crippen molar-refractivity contribution in [1.82, 2.24) is 5.32 Å². The van der Waals surface area contributed by atoms with Crippen molar-refractivity contribution in [3.63, 3.8) is 0 Å². The zero-order valence-electron chi connectivity index (χ0n) is 13.4. The molecule has 3 atom stereocenters. The third-order valence-electron chi connectivity index (χ3n) is 4.57. The van der Waals surface area contributed by atoms with Gasteiger partial charge < -0.3 is 16.2 Å². The van der Waals surface area contributed by atoms with E-state index >= 15 is 0 Å².